The summed E-state index contributed by atoms with van der Waals surface area (Å²) in [4.78, 5) is 0. The molecule has 60 valence electrons. The molecule has 0 bridgehead atoms. The second-order valence-corrected chi connectivity index (χ2v) is 2.78. The molecule has 2 heteroatoms. The van der Waals surface area contributed by atoms with Crippen LogP contribution in [0.25, 0.3) is 0 Å². The zero-order chi connectivity index (χ0) is 8.10. The van der Waals surface area contributed by atoms with Crippen molar-refractivity contribution in [3.05, 3.63) is 35.0 Å². The van der Waals surface area contributed by atoms with Gasteiger partial charge < -0.3 is 5.32 Å². The highest BCUT2D eigenvalue weighted by atomic mass is 35.5. The molecule has 0 saturated heterocycles. The highest BCUT2D eigenvalue weighted by molar-refractivity contribution is 6.31. The fourth-order valence-corrected chi connectivity index (χ4v) is 1.09. The summed E-state index contributed by atoms with van der Waals surface area (Å²) >= 11 is 5.80. The van der Waals surface area contributed by atoms with Crippen LogP contribution in [0.4, 0.5) is 0 Å². The van der Waals surface area contributed by atoms with Crippen molar-refractivity contribution >= 4 is 11.6 Å². The summed E-state index contributed by atoms with van der Waals surface area (Å²) in [5.41, 5.74) is 1.15. The van der Waals surface area contributed by atoms with E-state index in [1.165, 1.54) is 0 Å². The molecule has 0 atom stereocenters. The zero-order valence-electron chi connectivity index (χ0n) is 6.60. The van der Waals surface area contributed by atoms with Gasteiger partial charge in [0.25, 0.3) is 0 Å². The third kappa shape index (κ3) is 2.81. The molecule has 0 radical (unpaired) electrons. The summed E-state index contributed by atoms with van der Waals surface area (Å²) in [7, 11) is 0. The average molecular weight is 170 g/mol. The molecule has 0 spiro atoms. The first kappa shape index (κ1) is 8.41. The van der Waals surface area contributed by atoms with E-state index in [9.17, 15) is 0 Å². The summed E-state index contributed by atoms with van der Waals surface area (Å²) in [5.74, 6) is 0. The molecule has 0 unspecified atom stereocenters. The molecule has 1 N–H and O–H groups in total. The SMILES string of the molecule is CCNC1=CCC=C(Cl)C=C1. The number of nitrogens with one attached hydrogen (secondary N) is 1. The van der Waals surface area contributed by atoms with Crippen LogP contribution >= 0.6 is 11.6 Å². The molecule has 11 heavy (non-hydrogen) atoms. The van der Waals surface area contributed by atoms with Crippen LogP contribution in [0.2, 0.25) is 0 Å². The fraction of sp³-hybridized carbons (Fsp3) is 0.333. The fourth-order valence-electron chi connectivity index (χ4n) is 0.939. The Morgan fingerprint density at radius 1 is 1.45 bits per heavy atom. The molecule has 0 heterocycles. The molecule has 1 nitrogen and oxygen atoms in total. The zero-order valence-corrected chi connectivity index (χ0v) is 7.36. The van der Waals surface area contributed by atoms with E-state index in [2.05, 4.69) is 18.3 Å². The minimum Gasteiger partial charge on any atom is -0.386 e. The van der Waals surface area contributed by atoms with Crippen LogP contribution in [0.5, 0.6) is 0 Å². The Kier molecular flexibility index (Phi) is 3.24. The average Bonchev–Trinajstić information content (AvgIpc) is 2.17. The van der Waals surface area contributed by atoms with Gasteiger partial charge in [-0.3, -0.25) is 0 Å². The van der Waals surface area contributed by atoms with Gasteiger partial charge in [0.2, 0.25) is 0 Å². The minimum absolute atomic E-state index is 0.814. The molecule has 0 aromatic rings. The van der Waals surface area contributed by atoms with Gasteiger partial charge >= 0.3 is 0 Å². The molecular weight excluding hydrogens is 158 g/mol. The maximum Gasteiger partial charge on any atom is 0.0370 e. The summed E-state index contributed by atoms with van der Waals surface area (Å²) in [6, 6.07) is 0. The lowest BCUT2D eigenvalue weighted by Crippen LogP contribution is -2.09. The van der Waals surface area contributed by atoms with Crippen LogP contribution in [0.15, 0.2) is 35.0 Å². The highest BCUT2D eigenvalue weighted by Gasteiger charge is 1.93. The monoisotopic (exact) mass is 169 g/mol. The Bertz CT molecular complexity index is 214. The maximum atomic E-state index is 5.80. The predicted octanol–water partition coefficient (Wildman–Crippen LogP) is 2.56. The normalized spacial score (nSPS) is 16.9. The molecule has 0 fully saturated rings. The summed E-state index contributed by atoms with van der Waals surface area (Å²) in [6.07, 6.45) is 8.92. The van der Waals surface area contributed by atoms with Gasteiger partial charge in [0, 0.05) is 17.3 Å². The number of hydrogen-bond acceptors (Lipinski definition) is 1. The van der Waals surface area contributed by atoms with E-state index in [0.717, 1.165) is 23.7 Å². The Morgan fingerprint density at radius 3 is 3.00 bits per heavy atom. The van der Waals surface area contributed by atoms with Crippen molar-refractivity contribution in [2.75, 3.05) is 6.54 Å². The van der Waals surface area contributed by atoms with Crippen LogP contribution in [-0.2, 0) is 0 Å². The number of rotatable bonds is 2. The van der Waals surface area contributed by atoms with Crippen LogP contribution in [0.3, 0.4) is 0 Å². The van der Waals surface area contributed by atoms with Crippen LogP contribution in [0.1, 0.15) is 13.3 Å². The van der Waals surface area contributed by atoms with Crippen molar-refractivity contribution < 1.29 is 0 Å². The quantitative estimate of drug-likeness (QED) is 0.670. The molecule has 0 amide bonds. The van der Waals surface area contributed by atoms with Crippen molar-refractivity contribution in [3.63, 3.8) is 0 Å². The topological polar surface area (TPSA) is 12.0 Å². The first-order chi connectivity index (χ1) is 5.33. The standard InChI is InChI=1S/C9H12ClN/c1-2-11-9-5-3-4-8(10)6-7-9/h4-7,11H,2-3H2,1H3. The second kappa shape index (κ2) is 4.24. The summed E-state index contributed by atoms with van der Waals surface area (Å²) in [6.45, 7) is 3.03. The maximum absolute atomic E-state index is 5.80. The molecule has 1 aliphatic carbocycles. The van der Waals surface area contributed by atoms with Gasteiger partial charge in [0.15, 0.2) is 0 Å². The van der Waals surface area contributed by atoms with E-state index in [1.807, 2.05) is 18.2 Å². The van der Waals surface area contributed by atoms with E-state index in [-0.39, 0.29) is 0 Å². The number of likely N-dealkylation sites (N-methyl/N-ethyl adjacent to an activating group) is 1. The molecule has 0 aromatic carbocycles. The first-order valence-electron chi connectivity index (χ1n) is 3.80. The lowest BCUT2D eigenvalue weighted by Gasteiger charge is -2.00. The lowest BCUT2D eigenvalue weighted by atomic mass is 10.3. The highest BCUT2D eigenvalue weighted by Crippen LogP contribution is 2.11. The van der Waals surface area contributed by atoms with Gasteiger partial charge in [-0.05, 0) is 25.5 Å². The third-order valence-corrected chi connectivity index (χ3v) is 1.73. The second-order valence-electron chi connectivity index (χ2n) is 2.35. The largest absolute Gasteiger partial charge is 0.386 e. The van der Waals surface area contributed by atoms with Crippen LogP contribution < -0.4 is 5.32 Å². The smallest absolute Gasteiger partial charge is 0.0370 e. The Balaban J connectivity index is 2.58. The molecule has 0 aromatic heterocycles. The van der Waals surface area contributed by atoms with Gasteiger partial charge in [-0.2, -0.15) is 0 Å². The summed E-state index contributed by atoms with van der Waals surface area (Å²) in [5, 5.41) is 4.04. The van der Waals surface area contributed by atoms with E-state index >= 15 is 0 Å². The van der Waals surface area contributed by atoms with Crippen molar-refractivity contribution in [2.45, 2.75) is 13.3 Å². The summed E-state index contributed by atoms with van der Waals surface area (Å²) < 4.78 is 0. The lowest BCUT2D eigenvalue weighted by molar-refractivity contribution is 0.874. The Labute approximate surface area is 72.4 Å². The van der Waals surface area contributed by atoms with E-state index in [1.54, 1.807) is 0 Å². The predicted molar refractivity (Wildman–Crippen MR) is 49.5 cm³/mol. The Morgan fingerprint density at radius 2 is 2.27 bits per heavy atom. The van der Waals surface area contributed by atoms with Gasteiger partial charge in [0.1, 0.15) is 0 Å². The van der Waals surface area contributed by atoms with Crippen molar-refractivity contribution in [1.82, 2.24) is 5.32 Å². The third-order valence-electron chi connectivity index (χ3n) is 1.45. The van der Waals surface area contributed by atoms with E-state index in [0.29, 0.717) is 0 Å². The van der Waals surface area contributed by atoms with Gasteiger partial charge in [-0.25, -0.2) is 0 Å². The van der Waals surface area contributed by atoms with Gasteiger partial charge in [-0.1, -0.05) is 23.8 Å². The van der Waals surface area contributed by atoms with Crippen LogP contribution in [0, 0.1) is 0 Å². The number of allylic oxidation sites excluding steroid dienone is 5. The van der Waals surface area contributed by atoms with E-state index < -0.39 is 0 Å². The minimum atomic E-state index is 0.814. The van der Waals surface area contributed by atoms with Gasteiger partial charge in [-0.15, -0.1) is 0 Å². The Hall–Kier alpha value is -0.690. The molecule has 0 saturated carbocycles. The molecule has 1 rings (SSSR count). The van der Waals surface area contributed by atoms with Crippen molar-refractivity contribution in [1.29, 1.82) is 0 Å². The van der Waals surface area contributed by atoms with Crippen LogP contribution in [-0.4, -0.2) is 6.54 Å². The molecule has 0 aliphatic heterocycles. The molecular formula is C9H12ClN. The van der Waals surface area contributed by atoms with Crippen molar-refractivity contribution in [3.8, 4) is 0 Å². The van der Waals surface area contributed by atoms with E-state index in [4.69, 9.17) is 11.6 Å². The van der Waals surface area contributed by atoms with Gasteiger partial charge in [0.05, 0.1) is 0 Å². The first-order valence-corrected chi connectivity index (χ1v) is 4.18. The molecule has 1 aliphatic rings. The van der Waals surface area contributed by atoms with Crippen molar-refractivity contribution in [2.24, 2.45) is 0 Å². The number of halogens is 1. The number of hydrogen-bond donors (Lipinski definition) is 1.